The summed E-state index contributed by atoms with van der Waals surface area (Å²) in [5.41, 5.74) is 2.43. The molecule has 4 rings (SSSR count). The second-order valence-corrected chi connectivity index (χ2v) is 6.41. The van der Waals surface area contributed by atoms with Gasteiger partial charge in [-0.15, -0.1) is 0 Å². The van der Waals surface area contributed by atoms with E-state index in [1.807, 2.05) is 43.3 Å². The normalized spacial score (nSPS) is 19.4. The molecule has 1 heterocycles. The number of hydrogen-bond donors (Lipinski definition) is 1. The summed E-state index contributed by atoms with van der Waals surface area (Å²) in [4.78, 5) is 4.77. The second-order valence-electron chi connectivity index (χ2n) is 6.41. The van der Waals surface area contributed by atoms with Gasteiger partial charge in [0.15, 0.2) is 0 Å². The zero-order valence-electron chi connectivity index (χ0n) is 14.7. The van der Waals surface area contributed by atoms with Crippen LogP contribution in [0.15, 0.2) is 65.7 Å². The fraction of sp³-hybridized carbons (Fsp3) is 0.136. The number of nitrogens with zero attached hydrogens (tertiary/aromatic N) is 3. The van der Waals surface area contributed by atoms with Crippen molar-refractivity contribution in [1.29, 1.82) is 10.5 Å². The summed E-state index contributed by atoms with van der Waals surface area (Å²) in [5, 5.41) is 22.1. The Morgan fingerprint density at radius 2 is 1.89 bits per heavy atom. The van der Waals surface area contributed by atoms with Crippen LogP contribution in [0.1, 0.15) is 22.3 Å². The highest BCUT2D eigenvalue weighted by Gasteiger charge is 2.28. The maximum atomic E-state index is 9.44. The van der Waals surface area contributed by atoms with Crippen molar-refractivity contribution < 1.29 is 4.74 Å². The van der Waals surface area contributed by atoms with Crippen LogP contribution in [0.5, 0.6) is 11.5 Å². The molecular weight excluding hydrogens is 336 g/mol. The molecule has 0 unspecified atom stereocenters. The van der Waals surface area contributed by atoms with Crippen molar-refractivity contribution in [3.05, 3.63) is 83.0 Å². The van der Waals surface area contributed by atoms with E-state index in [0.29, 0.717) is 17.1 Å². The van der Waals surface area contributed by atoms with Crippen LogP contribution in [0.25, 0.3) is 0 Å². The van der Waals surface area contributed by atoms with Crippen molar-refractivity contribution in [1.82, 2.24) is 5.32 Å². The van der Waals surface area contributed by atoms with Gasteiger partial charge < -0.3 is 10.1 Å². The molecule has 2 aromatic rings. The maximum Gasteiger partial charge on any atom is 0.146 e. The number of hydrogen-bond acceptors (Lipinski definition) is 5. The molecule has 0 aromatic heterocycles. The summed E-state index contributed by atoms with van der Waals surface area (Å²) in [6.07, 6.45) is 8.15. The second kappa shape index (κ2) is 6.82. The number of ether oxygens (including phenoxy) is 1. The Bertz CT molecular complexity index is 1080. The summed E-state index contributed by atoms with van der Waals surface area (Å²) >= 11 is 0. The molecule has 2 aliphatic rings. The van der Waals surface area contributed by atoms with Crippen LogP contribution >= 0.6 is 0 Å². The van der Waals surface area contributed by atoms with Crippen molar-refractivity contribution in [2.24, 2.45) is 4.99 Å². The van der Waals surface area contributed by atoms with Crippen LogP contribution in [-0.2, 0) is 0 Å². The highest BCUT2D eigenvalue weighted by Crippen LogP contribution is 2.31. The van der Waals surface area contributed by atoms with E-state index in [9.17, 15) is 10.5 Å². The fourth-order valence-electron chi connectivity index (χ4n) is 3.20. The number of aliphatic imine (C=N–C) groups is 1. The van der Waals surface area contributed by atoms with Crippen molar-refractivity contribution in [3.8, 4) is 23.6 Å². The van der Waals surface area contributed by atoms with Crippen LogP contribution in [0.2, 0.25) is 0 Å². The molecule has 1 aliphatic carbocycles. The molecule has 5 heteroatoms. The molecule has 5 nitrogen and oxygen atoms in total. The summed E-state index contributed by atoms with van der Waals surface area (Å²) in [6.45, 7) is 2.01. The average Bonchev–Trinajstić information content (AvgIpc) is 3.13. The number of fused-ring (bicyclic) bond motifs is 1. The van der Waals surface area contributed by atoms with Gasteiger partial charge in [0.1, 0.15) is 35.0 Å². The van der Waals surface area contributed by atoms with Crippen molar-refractivity contribution in [2.45, 2.75) is 19.0 Å². The first-order valence-corrected chi connectivity index (χ1v) is 8.61. The first-order valence-electron chi connectivity index (χ1n) is 8.61. The lowest BCUT2D eigenvalue weighted by Crippen LogP contribution is -2.33. The van der Waals surface area contributed by atoms with Gasteiger partial charge in [-0.05, 0) is 31.2 Å². The lowest BCUT2D eigenvalue weighted by molar-refractivity contribution is 0.479. The van der Waals surface area contributed by atoms with Gasteiger partial charge in [-0.3, -0.25) is 4.99 Å². The topological polar surface area (TPSA) is 81.2 Å². The third kappa shape index (κ3) is 3.07. The predicted octanol–water partition coefficient (Wildman–Crippen LogP) is 3.74. The molecule has 0 saturated carbocycles. The Morgan fingerprint density at radius 3 is 2.67 bits per heavy atom. The van der Waals surface area contributed by atoms with Crippen LogP contribution in [-0.4, -0.2) is 17.9 Å². The molecule has 130 valence electrons. The van der Waals surface area contributed by atoms with E-state index >= 15 is 0 Å². The molecule has 2 aromatic carbocycles. The highest BCUT2D eigenvalue weighted by molar-refractivity contribution is 6.03. The Kier molecular flexibility index (Phi) is 4.20. The van der Waals surface area contributed by atoms with Gasteiger partial charge in [-0.25, -0.2) is 0 Å². The Labute approximate surface area is 157 Å². The highest BCUT2D eigenvalue weighted by atomic mass is 16.5. The van der Waals surface area contributed by atoms with Crippen LogP contribution in [0, 0.1) is 29.6 Å². The molecule has 27 heavy (non-hydrogen) atoms. The van der Waals surface area contributed by atoms with Crippen LogP contribution in [0.4, 0.5) is 0 Å². The maximum absolute atomic E-state index is 9.44. The monoisotopic (exact) mass is 352 g/mol. The third-order valence-electron chi connectivity index (χ3n) is 4.56. The number of nitrogens with one attached hydrogen (secondary N) is 1. The van der Waals surface area contributed by atoms with E-state index in [1.54, 1.807) is 18.2 Å². The van der Waals surface area contributed by atoms with Gasteiger partial charge in [0, 0.05) is 0 Å². The number of amidine groups is 1. The van der Waals surface area contributed by atoms with Crippen molar-refractivity contribution in [3.63, 3.8) is 0 Å². The minimum Gasteiger partial charge on any atom is -0.455 e. The lowest BCUT2D eigenvalue weighted by atomic mass is 10.1. The van der Waals surface area contributed by atoms with Crippen molar-refractivity contribution >= 4 is 5.84 Å². The third-order valence-corrected chi connectivity index (χ3v) is 4.56. The van der Waals surface area contributed by atoms with Crippen LogP contribution in [0.3, 0.4) is 0 Å². The number of aryl methyl sites for hydroxylation is 1. The number of nitriles is 2. The molecule has 1 aliphatic heterocycles. The molecule has 2 atom stereocenters. The molecule has 0 saturated heterocycles. The van der Waals surface area contributed by atoms with E-state index in [4.69, 9.17) is 9.73 Å². The predicted molar refractivity (Wildman–Crippen MR) is 103 cm³/mol. The quantitative estimate of drug-likeness (QED) is 0.912. The summed E-state index contributed by atoms with van der Waals surface area (Å²) in [5.74, 6) is 1.71. The smallest absolute Gasteiger partial charge is 0.146 e. The minimum absolute atomic E-state index is 0.0648. The number of benzene rings is 2. The Hall–Kier alpha value is -3.83. The average molecular weight is 352 g/mol. The largest absolute Gasteiger partial charge is 0.455 e. The Balaban J connectivity index is 1.74. The SMILES string of the molecule is Cc1ccc(Oc2cccc(C#N)c2C#N)c(C2=N[C@@H]3C=CC=C[C@@H]3N2)c1. The molecule has 0 spiro atoms. The van der Waals surface area contributed by atoms with E-state index in [-0.39, 0.29) is 17.6 Å². The van der Waals surface area contributed by atoms with Gasteiger partial charge >= 0.3 is 0 Å². The van der Waals surface area contributed by atoms with Gasteiger partial charge in [0.25, 0.3) is 0 Å². The summed E-state index contributed by atoms with van der Waals surface area (Å²) in [6, 6.07) is 15.1. The lowest BCUT2D eigenvalue weighted by Gasteiger charge is -2.16. The van der Waals surface area contributed by atoms with E-state index < -0.39 is 0 Å². The summed E-state index contributed by atoms with van der Waals surface area (Å²) < 4.78 is 6.06. The Morgan fingerprint density at radius 1 is 1.04 bits per heavy atom. The van der Waals surface area contributed by atoms with Crippen LogP contribution < -0.4 is 10.1 Å². The molecule has 0 fully saturated rings. The van der Waals surface area contributed by atoms with E-state index in [2.05, 4.69) is 23.5 Å². The zero-order chi connectivity index (χ0) is 18.8. The van der Waals surface area contributed by atoms with Gasteiger partial charge in [-0.2, -0.15) is 10.5 Å². The van der Waals surface area contributed by atoms with Gasteiger partial charge in [0.2, 0.25) is 0 Å². The standard InChI is InChI=1S/C22H16N4O/c1-14-9-10-21(27-20-8-4-5-15(12-23)17(20)13-24)16(11-14)22-25-18-6-2-3-7-19(18)26-22/h2-11,18-19H,1H3,(H,25,26)/t18-,19+. The molecular formula is C22H16N4O. The number of rotatable bonds is 3. The first-order chi connectivity index (χ1) is 13.2. The molecule has 1 N–H and O–H groups in total. The zero-order valence-corrected chi connectivity index (χ0v) is 14.7. The number of allylic oxidation sites excluding steroid dienone is 2. The molecule has 0 bridgehead atoms. The minimum atomic E-state index is 0.0648. The first kappa shape index (κ1) is 16.6. The van der Waals surface area contributed by atoms with E-state index in [0.717, 1.165) is 17.0 Å². The molecule has 0 radical (unpaired) electrons. The molecule has 0 amide bonds. The van der Waals surface area contributed by atoms with Gasteiger partial charge in [-0.1, -0.05) is 42.0 Å². The van der Waals surface area contributed by atoms with Gasteiger partial charge in [0.05, 0.1) is 23.2 Å². The van der Waals surface area contributed by atoms with E-state index in [1.165, 1.54) is 0 Å². The summed E-state index contributed by atoms with van der Waals surface area (Å²) in [7, 11) is 0. The fourth-order valence-corrected chi connectivity index (χ4v) is 3.20. The van der Waals surface area contributed by atoms with Crippen molar-refractivity contribution in [2.75, 3.05) is 0 Å².